The third-order valence-corrected chi connectivity index (χ3v) is 4.98. The second-order valence-electron chi connectivity index (χ2n) is 6.87. The second-order valence-corrected chi connectivity index (χ2v) is 6.87. The molecule has 0 spiro atoms. The van der Waals surface area contributed by atoms with Gasteiger partial charge in [0.2, 0.25) is 0 Å². The van der Waals surface area contributed by atoms with E-state index in [0.717, 1.165) is 18.5 Å². The molecule has 0 bridgehead atoms. The van der Waals surface area contributed by atoms with Crippen molar-refractivity contribution in [2.45, 2.75) is 38.2 Å². The highest BCUT2D eigenvalue weighted by Gasteiger charge is 2.24. The zero-order chi connectivity index (χ0) is 16.1. The van der Waals surface area contributed by atoms with E-state index >= 15 is 0 Å². The Kier molecular flexibility index (Phi) is 5.14. The fourth-order valence-electron chi connectivity index (χ4n) is 3.36. The van der Waals surface area contributed by atoms with Crippen molar-refractivity contribution in [2.24, 2.45) is 0 Å². The van der Waals surface area contributed by atoms with Crippen LogP contribution in [0.3, 0.4) is 0 Å². The SMILES string of the molecule is C[C@@](O)(CCN1CCCCC1)c1ccc(-c2ccccc2)cc1. The molecule has 0 radical (unpaired) electrons. The van der Waals surface area contributed by atoms with Gasteiger partial charge < -0.3 is 10.0 Å². The lowest BCUT2D eigenvalue weighted by Crippen LogP contribution is -2.34. The standard InChI is InChI=1S/C21H27NO/c1-21(23,14-17-22-15-6-3-7-16-22)20-12-10-19(11-13-20)18-8-4-2-5-9-18/h2,4-5,8-13,23H,3,6-7,14-17H2,1H3/t21-/m1/s1. The first-order valence-corrected chi connectivity index (χ1v) is 8.76. The molecular weight excluding hydrogens is 282 g/mol. The first-order chi connectivity index (χ1) is 11.1. The molecule has 1 saturated heterocycles. The number of piperidine rings is 1. The largest absolute Gasteiger partial charge is 0.385 e. The molecule has 2 aromatic carbocycles. The van der Waals surface area contributed by atoms with Crippen LogP contribution in [0.1, 0.15) is 38.2 Å². The van der Waals surface area contributed by atoms with Crippen LogP contribution in [0.2, 0.25) is 0 Å². The number of benzene rings is 2. The summed E-state index contributed by atoms with van der Waals surface area (Å²) >= 11 is 0. The average molecular weight is 309 g/mol. The maximum atomic E-state index is 10.9. The van der Waals surface area contributed by atoms with Crippen molar-refractivity contribution in [1.82, 2.24) is 4.90 Å². The Morgan fingerprint density at radius 2 is 1.48 bits per heavy atom. The van der Waals surface area contributed by atoms with Gasteiger partial charge in [0.15, 0.2) is 0 Å². The monoisotopic (exact) mass is 309 g/mol. The highest BCUT2D eigenvalue weighted by atomic mass is 16.3. The number of rotatable bonds is 5. The molecule has 122 valence electrons. The molecule has 1 fully saturated rings. The normalized spacial score (nSPS) is 18.5. The van der Waals surface area contributed by atoms with Gasteiger partial charge in [-0.15, -0.1) is 0 Å². The molecular formula is C21H27NO. The van der Waals surface area contributed by atoms with E-state index in [9.17, 15) is 5.11 Å². The predicted octanol–water partition coefficient (Wildman–Crippen LogP) is 4.44. The molecule has 1 heterocycles. The van der Waals surface area contributed by atoms with Crippen LogP contribution in [0.15, 0.2) is 54.6 Å². The van der Waals surface area contributed by atoms with Crippen LogP contribution in [-0.2, 0) is 5.60 Å². The second kappa shape index (κ2) is 7.29. The molecule has 0 aromatic heterocycles. The van der Waals surface area contributed by atoms with Crippen molar-refractivity contribution in [3.8, 4) is 11.1 Å². The van der Waals surface area contributed by atoms with Crippen LogP contribution >= 0.6 is 0 Å². The minimum Gasteiger partial charge on any atom is -0.385 e. The summed E-state index contributed by atoms with van der Waals surface area (Å²) in [5.74, 6) is 0. The van der Waals surface area contributed by atoms with Crippen molar-refractivity contribution in [3.05, 3.63) is 60.2 Å². The van der Waals surface area contributed by atoms with Gasteiger partial charge in [0, 0.05) is 6.54 Å². The third kappa shape index (κ3) is 4.21. The van der Waals surface area contributed by atoms with E-state index in [1.165, 1.54) is 43.5 Å². The zero-order valence-electron chi connectivity index (χ0n) is 14.0. The molecule has 3 rings (SSSR count). The smallest absolute Gasteiger partial charge is 0.0880 e. The molecule has 0 saturated carbocycles. The summed E-state index contributed by atoms with van der Waals surface area (Å²) in [7, 11) is 0. The lowest BCUT2D eigenvalue weighted by molar-refractivity contribution is 0.0337. The van der Waals surface area contributed by atoms with E-state index in [1.807, 2.05) is 13.0 Å². The summed E-state index contributed by atoms with van der Waals surface area (Å²) < 4.78 is 0. The van der Waals surface area contributed by atoms with Crippen LogP contribution in [0.5, 0.6) is 0 Å². The molecule has 2 heteroatoms. The van der Waals surface area contributed by atoms with Crippen LogP contribution in [-0.4, -0.2) is 29.6 Å². The lowest BCUT2D eigenvalue weighted by atomic mass is 9.90. The van der Waals surface area contributed by atoms with Crippen molar-refractivity contribution < 1.29 is 5.11 Å². The van der Waals surface area contributed by atoms with Gasteiger partial charge in [-0.05, 0) is 56.0 Å². The van der Waals surface area contributed by atoms with E-state index < -0.39 is 5.60 Å². The molecule has 2 aromatic rings. The first kappa shape index (κ1) is 16.2. The summed E-state index contributed by atoms with van der Waals surface area (Å²) in [5.41, 5.74) is 2.66. The predicted molar refractivity (Wildman–Crippen MR) is 96.4 cm³/mol. The Balaban J connectivity index is 1.65. The third-order valence-electron chi connectivity index (χ3n) is 4.98. The quantitative estimate of drug-likeness (QED) is 0.883. The van der Waals surface area contributed by atoms with Gasteiger partial charge in [0.05, 0.1) is 5.60 Å². The van der Waals surface area contributed by atoms with Gasteiger partial charge in [-0.3, -0.25) is 0 Å². The molecule has 0 amide bonds. The van der Waals surface area contributed by atoms with Crippen LogP contribution in [0, 0.1) is 0 Å². The molecule has 1 aliphatic rings. The molecule has 23 heavy (non-hydrogen) atoms. The first-order valence-electron chi connectivity index (χ1n) is 8.76. The van der Waals surface area contributed by atoms with Gasteiger partial charge in [-0.25, -0.2) is 0 Å². The number of likely N-dealkylation sites (tertiary alicyclic amines) is 1. The molecule has 1 N–H and O–H groups in total. The van der Waals surface area contributed by atoms with Crippen LogP contribution in [0.25, 0.3) is 11.1 Å². The van der Waals surface area contributed by atoms with Gasteiger partial charge >= 0.3 is 0 Å². The molecule has 1 aliphatic heterocycles. The maximum Gasteiger partial charge on any atom is 0.0880 e. The van der Waals surface area contributed by atoms with E-state index in [0.29, 0.717) is 0 Å². The number of hydrogen-bond donors (Lipinski definition) is 1. The Morgan fingerprint density at radius 1 is 0.870 bits per heavy atom. The van der Waals surface area contributed by atoms with E-state index in [1.54, 1.807) is 0 Å². The average Bonchev–Trinajstić information content (AvgIpc) is 2.62. The fraction of sp³-hybridized carbons (Fsp3) is 0.429. The van der Waals surface area contributed by atoms with Gasteiger partial charge in [0.1, 0.15) is 0 Å². The Hall–Kier alpha value is -1.64. The summed E-state index contributed by atoms with van der Waals surface area (Å²) in [6, 6.07) is 18.7. The summed E-state index contributed by atoms with van der Waals surface area (Å²) in [6.45, 7) is 5.29. The zero-order valence-corrected chi connectivity index (χ0v) is 14.0. The van der Waals surface area contributed by atoms with Crippen molar-refractivity contribution in [2.75, 3.05) is 19.6 Å². The number of nitrogens with zero attached hydrogens (tertiary/aromatic N) is 1. The Bertz CT molecular complexity index is 597. The maximum absolute atomic E-state index is 10.9. The number of hydrogen-bond acceptors (Lipinski definition) is 2. The summed E-state index contributed by atoms with van der Waals surface area (Å²) in [6.07, 6.45) is 4.74. The van der Waals surface area contributed by atoms with Gasteiger partial charge in [-0.1, -0.05) is 61.0 Å². The summed E-state index contributed by atoms with van der Waals surface area (Å²) in [4.78, 5) is 2.48. The highest BCUT2D eigenvalue weighted by Crippen LogP contribution is 2.28. The van der Waals surface area contributed by atoms with Crippen molar-refractivity contribution >= 4 is 0 Å². The van der Waals surface area contributed by atoms with Gasteiger partial charge in [0.25, 0.3) is 0 Å². The van der Waals surface area contributed by atoms with Crippen molar-refractivity contribution in [1.29, 1.82) is 0 Å². The lowest BCUT2D eigenvalue weighted by Gasteiger charge is -2.31. The van der Waals surface area contributed by atoms with Crippen LogP contribution in [0.4, 0.5) is 0 Å². The summed E-state index contributed by atoms with van der Waals surface area (Å²) in [5, 5.41) is 10.9. The van der Waals surface area contributed by atoms with E-state index in [-0.39, 0.29) is 0 Å². The minimum absolute atomic E-state index is 0.757. The van der Waals surface area contributed by atoms with Gasteiger partial charge in [-0.2, -0.15) is 0 Å². The number of aliphatic hydroxyl groups is 1. The fourth-order valence-corrected chi connectivity index (χ4v) is 3.36. The van der Waals surface area contributed by atoms with Crippen molar-refractivity contribution in [3.63, 3.8) is 0 Å². The van der Waals surface area contributed by atoms with Crippen LogP contribution < -0.4 is 0 Å². The minimum atomic E-state index is -0.757. The molecule has 0 unspecified atom stereocenters. The van der Waals surface area contributed by atoms with E-state index in [2.05, 4.69) is 53.4 Å². The highest BCUT2D eigenvalue weighted by molar-refractivity contribution is 5.63. The Morgan fingerprint density at radius 3 is 2.13 bits per heavy atom. The Labute approximate surface area is 139 Å². The van der Waals surface area contributed by atoms with E-state index in [4.69, 9.17) is 0 Å². The molecule has 0 aliphatic carbocycles. The molecule has 2 nitrogen and oxygen atoms in total. The molecule has 1 atom stereocenters. The topological polar surface area (TPSA) is 23.5 Å².